The topological polar surface area (TPSA) is 77.8 Å². The highest BCUT2D eigenvalue weighted by Crippen LogP contribution is 2.03. The smallest absolute Gasteiger partial charge is 0.264 e. The van der Waals surface area contributed by atoms with Crippen LogP contribution in [-0.2, 0) is 6.54 Å². The van der Waals surface area contributed by atoms with E-state index >= 15 is 0 Å². The lowest BCUT2D eigenvalue weighted by Crippen LogP contribution is -2.23. The van der Waals surface area contributed by atoms with E-state index in [1.165, 1.54) is 24.3 Å². The number of aromatic amines is 2. The Bertz CT molecular complexity index is 588. The maximum atomic E-state index is 12.9. The van der Waals surface area contributed by atoms with Gasteiger partial charge < -0.3 is 10.4 Å². The van der Waals surface area contributed by atoms with Crippen LogP contribution in [0.5, 0.6) is 0 Å². The first-order valence-corrected chi connectivity index (χ1v) is 4.95. The quantitative estimate of drug-likeness (QED) is 0.734. The summed E-state index contributed by atoms with van der Waals surface area (Å²) in [5, 5.41) is 7.51. The molecule has 1 aromatic carbocycles. The summed E-state index contributed by atoms with van der Waals surface area (Å²) in [5.41, 5.74) is 0.530. The molecule has 0 bridgehead atoms. The number of carbonyl (C=O) groups excluding carboxylic acids is 1. The molecule has 3 N–H and O–H groups in total. The van der Waals surface area contributed by atoms with Crippen molar-refractivity contribution in [3.63, 3.8) is 0 Å². The van der Waals surface area contributed by atoms with Crippen LogP contribution in [0.15, 0.2) is 35.1 Å². The number of H-pyrrole nitrogens is 2. The molecule has 17 heavy (non-hydrogen) atoms. The molecule has 0 aliphatic carbocycles. The van der Waals surface area contributed by atoms with E-state index in [2.05, 4.69) is 15.5 Å². The lowest BCUT2D eigenvalue weighted by Gasteiger charge is -2.03. The van der Waals surface area contributed by atoms with Gasteiger partial charge in [-0.3, -0.25) is 14.7 Å². The van der Waals surface area contributed by atoms with Crippen molar-refractivity contribution >= 4 is 5.91 Å². The molecule has 5 nitrogen and oxygen atoms in total. The van der Waals surface area contributed by atoms with Gasteiger partial charge in [0.25, 0.3) is 11.5 Å². The Morgan fingerprint density at radius 3 is 2.76 bits per heavy atom. The molecule has 6 heteroatoms. The summed E-state index contributed by atoms with van der Waals surface area (Å²) in [7, 11) is 0. The zero-order valence-electron chi connectivity index (χ0n) is 8.79. The van der Waals surface area contributed by atoms with Crippen molar-refractivity contribution in [3.8, 4) is 0 Å². The molecule has 1 aromatic heterocycles. The van der Waals surface area contributed by atoms with Gasteiger partial charge in [0.2, 0.25) is 0 Å². The number of hydrogen-bond donors (Lipinski definition) is 3. The van der Waals surface area contributed by atoms with E-state index in [-0.39, 0.29) is 17.7 Å². The summed E-state index contributed by atoms with van der Waals surface area (Å²) < 4.78 is 12.9. The minimum atomic E-state index is -0.465. The van der Waals surface area contributed by atoms with Crippen LogP contribution in [0.4, 0.5) is 4.39 Å². The van der Waals surface area contributed by atoms with Crippen LogP contribution in [0.2, 0.25) is 0 Å². The van der Waals surface area contributed by atoms with Crippen molar-refractivity contribution in [2.24, 2.45) is 0 Å². The van der Waals surface area contributed by atoms with E-state index in [1.54, 1.807) is 0 Å². The standard InChI is InChI=1S/C11H10FN3O2/c12-8-3-1-2-7(4-8)11(17)13-6-9-5-10(16)15-14-9/h1-5H,6H2,(H,13,17)(H2,14,15,16). The monoisotopic (exact) mass is 235 g/mol. The highest BCUT2D eigenvalue weighted by Gasteiger charge is 2.06. The Morgan fingerprint density at radius 1 is 1.29 bits per heavy atom. The zero-order valence-corrected chi connectivity index (χ0v) is 8.79. The average molecular weight is 235 g/mol. The highest BCUT2D eigenvalue weighted by molar-refractivity contribution is 5.94. The fourth-order valence-electron chi connectivity index (χ4n) is 1.37. The molecule has 0 atom stereocenters. The first-order valence-electron chi connectivity index (χ1n) is 4.95. The Hall–Kier alpha value is -2.37. The van der Waals surface area contributed by atoms with Gasteiger partial charge in [-0.15, -0.1) is 0 Å². The summed E-state index contributed by atoms with van der Waals surface area (Å²) in [6.07, 6.45) is 0. The largest absolute Gasteiger partial charge is 0.346 e. The van der Waals surface area contributed by atoms with Crippen LogP contribution in [0.1, 0.15) is 16.1 Å². The number of carbonyl (C=O) groups is 1. The minimum Gasteiger partial charge on any atom is -0.346 e. The van der Waals surface area contributed by atoms with Crippen molar-refractivity contribution < 1.29 is 9.18 Å². The first-order chi connectivity index (χ1) is 8.15. The summed E-state index contributed by atoms with van der Waals surface area (Å²) in [5.74, 6) is -0.862. The first kappa shape index (κ1) is 11.1. The number of hydrogen-bond acceptors (Lipinski definition) is 2. The normalized spacial score (nSPS) is 10.2. The molecule has 2 aromatic rings. The van der Waals surface area contributed by atoms with Gasteiger partial charge in [0, 0.05) is 11.6 Å². The molecule has 0 aliphatic heterocycles. The SMILES string of the molecule is O=C(NCc1cc(=O)[nH][nH]1)c1cccc(F)c1. The summed E-state index contributed by atoms with van der Waals surface area (Å²) in [6, 6.07) is 6.72. The molecule has 0 saturated heterocycles. The van der Waals surface area contributed by atoms with Crippen molar-refractivity contribution in [3.05, 3.63) is 57.8 Å². The van der Waals surface area contributed by atoms with E-state index in [0.717, 1.165) is 6.07 Å². The van der Waals surface area contributed by atoms with E-state index in [0.29, 0.717) is 5.69 Å². The van der Waals surface area contributed by atoms with Gasteiger partial charge in [-0.2, -0.15) is 0 Å². The third kappa shape index (κ3) is 2.81. The fraction of sp³-hybridized carbons (Fsp3) is 0.0909. The molecular formula is C11H10FN3O2. The Labute approximate surface area is 95.7 Å². The molecular weight excluding hydrogens is 225 g/mol. The van der Waals surface area contributed by atoms with Gasteiger partial charge in [0.15, 0.2) is 0 Å². The number of halogens is 1. The fourth-order valence-corrected chi connectivity index (χ4v) is 1.37. The second-order valence-corrected chi connectivity index (χ2v) is 3.48. The van der Waals surface area contributed by atoms with Crippen LogP contribution >= 0.6 is 0 Å². The Balaban J connectivity index is 2.00. The third-order valence-electron chi connectivity index (χ3n) is 2.18. The molecule has 0 spiro atoms. The number of rotatable bonds is 3. The second kappa shape index (κ2) is 4.65. The average Bonchev–Trinajstić information content (AvgIpc) is 2.72. The van der Waals surface area contributed by atoms with Crippen LogP contribution in [0, 0.1) is 5.82 Å². The number of benzene rings is 1. The van der Waals surface area contributed by atoms with E-state index in [1.807, 2.05) is 0 Å². The second-order valence-electron chi connectivity index (χ2n) is 3.48. The maximum absolute atomic E-state index is 12.9. The van der Waals surface area contributed by atoms with Crippen molar-refractivity contribution in [2.45, 2.75) is 6.54 Å². The van der Waals surface area contributed by atoms with E-state index in [9.17, 15) is 14.0 Å². The number of amides is 1. The van der Waals surface area contributed by atoms with Gasteiger partial charge in [0.1, 0.15) is 5.82 Å². The van der Waals surface area contributed by atoms with Crippen molar-refractivity contribution in [2.75, 3.05) is 0 Å². The molecule has 1 amide bonds. The van der Waals surface area contributed by atoms with Crippen LogP contribution in [0.3, 0.4) is 0 Å². The van der Waals surface area contributed by atoms with Gasteiger partial charge in [-0.1, -0.05) is 6.07 Å². The summed E-state index contributed by atoms with van der Waals surface area (Å²) in [4.78, 5) is 22.4. The molecule has 0 radical (unpaired) electrons. The maximum Gasteiger partial charge on any atom is 0.264 e. The molecule has 0 fully saturated rings. The van der Waals surface area contributed by atoms with Crippen LogP contribution in [-0.4, -0.2) is 16.1 Å². The highest BCUT2D eigenvalue weighted by atomic mass is 19.1. The summed E-state index contributed by atoms with van der Waals surface area (Å²) >= 11 is 0. The predicted molar refractivity (Wildman–Crippen MR) is 59.0 cm³/mol. The zero-order chi connectivity index (χ0) is 12.3. The summed E-state index contributed by atoms with van der Waals surface area (Å²) in [6.45, 7) is 0.175. The molecule has 0 unspecified atom stereocenters. The minimum absolute atomic E-state index is 0.175. The van der Waals surface area contributed by atoms with Gasteiger partial charge in [-0.05, 0) is 18.2 Å². The molecule has 0 aliphatic rings. The molecule has 0 saturated carbocycles. The predicted octanol–water partition coefficient (Wildman–Crippen LogP) is 0.772. The van der Waals surface area contributed by atoms with Crippen LogP contribution in [0.25, 0.3) is 0 Å². The van der Waals surface area contributed by atoms with Gasteiger partial charge >= 0.3 is 0 Å². The van der Waals surface area contributed by atoms with Gasteiger partial charge in [-0.25, -0.2) is 4.39 Å². The van der Waals surface area contributed by atoms with E-state index in [4.69, 9.17) is 0 Å². The van der Waals surface area contributed by atoms with Crippen molar-refractivity contribution in [1.82, 2.24) is 15.5 Å². The Morgan fingerprint density at radius 2 is 2.12 bits per heavy atom. The van der Waals surface area contributed by atoms with Gasteiger partial charge in [0.05, 0.1) is 12.2 Å². The van der Waals surface area contributed by atoms with Crippen LogP contribution < -0.4 is 10.9 Å². The Kier molecular flexibility index (Phi) is 3.04. The molecule has 1 heterocycles. The lowest BCUT2D eigenvalue weighted by molar-refractivity contribution is 0.0950. The number of nitrogens with one attached hydrogen (secondary N) is 3. The molecule has 88 valence electrons. The lowest BCUT2D eigenvalue weighted by atomic mass is 10.2. The van der Waals surface area contributed by atoms with Crippen molar-refractivity contribution in [1.29, 1.82) is 0 Å². The number of aromatic nitrogens is 2. The van der Waals surface area contributed by atoms with E-state index < -0.39 is 11.7 Å². The third-order valence-corrected chi connectivity index (χ3v) is 2.18. The molecule has 2 rings (SSSR count).